The summed E-state index contributed by atoms with van der Waals surface area (Å²) in [7, 11) is 1.60. The minimum absolute atomic E-state index is 0.225. The molecule has 0 aromatic heterocycles. The molecule has 1 amide bonds. The minimum Gasteiger partial charge on any atom is -0.478 e. The Kier molecular flexibility index (Phi) is 5.20. The number of nitrogens with one attached hydrogen (secondary N) is 1. The van der Waals surface area contributed by atoms with E-state index >= 15 is 0 Å². The van der Waals surface area contributed by atoms with Crippen LogP contribution >= 0.6 is 0 Å². The molecule has 2 N–H and O–H groups in total. The molecule has 1 aliphatic heterocycles. The van der Waals surface area contributed by atoms with Gasteiger partial charge in [0, 0.05) is 18.3 Å². The van der Waals surface area contributed by atoms with Crippen LogP contribution in [0.4, 0.5) is 0 Å². The number of aliphatic carboxylic acids is 1. The van der Waals surface area contributed by atoms with E-state index < -0.39 is 11.6 Å². The summed E-state index contributed by atoms with van der Waals surface area (Å²) >= 11 is 0. The van der Waals surface area contributed by atoms with E-state index in [2.05, 4.69) is 11.4 Å². The fourth-order valence-electron chi connectivity index (χ4n) is 3.73. The minimum atomic E-state index is -1.01. The van der Waals surface area contributed by atoms with E-state index in [4.69, 9.17) is 9.47 Å². The van der Waals surface area contributed by atoms with Crippen molar-refractivity contribution in [3.05, 3.63) is 46.5 Å². The van der Waals surface area contributed by atoms with E-state index in [1.807, 2.05) is 18.2 Å². The molecule has 1 aromatic rings. The number of carbonyl (C=O) groups excluding carboxylic acids is 1. The molecular formula is C19H23NO5. The van der Waals surface area contributed by atoms with Gasteiger partial charge < -0.3 is 19.9 Å². The maximum atomic E-state index is 12.5. The van der Waals surface area contributed by atoms with Crippen molar-refractivity contribution in [3.63, 3.8) is 0 Å². The third-order valence-electron chi connectivity index (χ3n) is 4.92. The van der Waals surface area contributed by atoms with E-state index in [9.17, 15) is 14.7 Å². The van der Waals surface area contributed by atoms with Gasteiger partial charge in [-0.05, 0) is 36.8 Å². The van der Waals surface area contributed by atoms with Crippen molar-refractivity contribution in [2.75, 3.05) is 26.9 Å². The molecule has 1 atom stereocenters. The largest absolute Gasteiger partial charge is 0.478 e. The third-order valence-corrected chi connectivity index (χ3v) is 4.92. The van der Waals surface area contributed by atoms with E-state index in [0.717, 1.165) is 12.0 Å². The lowest BCUT2D eigenvalue weighted by Gasteiger charge is -2.38. The van der Waals surface area contributed by atoms with Crippen molar-refractivity contribution in [1.29, 1.82) is 0 Å². The second-order valence-electron chi connectivity index (χ2n) is 6.48. The molecular weight excluding hydrogens is 322 g/mol. The van der Waals surface area contributed by atoms with Gasteiger partial charge in [0.25, 0.3) is 0 Å². The molecule has 0 spiro atoms. The first kappa shape index (κ1) is 17.6. The lowest BCUT2D eigenvalue weighted by atomic mass is 9.86. The van der Waals surface area contributed by atoms with Crippen LogP contribution in [0.5, 0.6) is 0 Å². The number of benzene rings is 1. The number of fused-ring (bicyclic) bond motifs is 1. The molecule has 6 heteroatoms. The van der Waals surface area contributed by atoms with Crippen molar-refractivity contribution in [3.8, 4) is 0 Å². The normalized spacial score (nSPS) is 22.6. The fourth-order valence-corrected chi connectivity index (χ4v) is 3.73. The van der Waals surface area contributed by atoms with Crippen LogP contribution in [0.1, 0.15) is 30.4 Å². The molecule has 0 saturated heterocycles. The summed E-state index contributed by atoms with van der Waals surface area (Å²) in [5.74, 6) is -1.33. The molecule has 1 aliphatic carbocycles. The monoisotopic (exact) mass is 345 g/mol. The lowest BCUT2D eigenvalue weighted by Crippen LogP contribution is -2.49. The fraction of sp³-hybridized carbons (Fsp3) is 0.474. The zero-order valence-corrected chi connectivity index (χ0v) is 14.3. The molecule has 1 aromatic carbocycles. The van der Waals surface area contributed by atoms with Crippen LogP contribution in [0.25, 0.3) is 0 Å². The Morgan fingerprint density at radius 3 is 2.76 bits per heavy atom. The Morgan fingerprint density at radius 2 is 2.00 bits per heavy atom. The molecule has 134 valence electrons. The molecule has 0 radical (unpaired) electrons. The zero-order chi connectivity index (χ0) is 17.9. The van der Waals surface area contributed by atoms with Gasteiger partial charge in [0.1, 0.15) is 5.60 Å². The molecule has 0 bridgehead atoms. The predicted molar refractivity (Wildman–Crippen MR) is 91.2 cm³/mol. The van der Waals surface area contributed by atoms with E-state index in [0.29, 0.717) is 38.0 Å². The summed E-state index contributed by atoms with van der Waals surface area (Å²) in [6.45, 7) is 1.11. The molecule has 1 unspecified atom stereocenters. The average Bonchev–Trinajstić information content (AvgIpc) is 3.10. The number of ether oxygens (including phenoxy) is 2. The van der Waals surface area contributed by atoms with E-state index in [1.54, 1.807) is 7.11 Å². The van der Waals surface area contributed by atoms with Gasteiger partial charge in [0.2, 0.25) is 5.91 Å². The second kappa shape index (κ2) is 7.37. The standard InChI is InChI=1S/C19H23NO5/c1-24-12-19(16-8-3-2-5-13(16)9-10-25-19)11-20-17(21)14-6-4-7-15(14)18(22)23/h2-3,5,8H,4,6-7,9-12H2,1H3,(H,20,21)(H,22,23). The number of carboxylic acid groups (broad SMARTS) is 1. The van der Waals surface area contributed by atoms with Crippen molar-refractivity contribution < 1.29 is 24.2 Å². The van der Waals surface area contributed by atoms with Crippen LogP contribution in [-0.2, 0) is 31.1 Å². The van der Waals surface area contributed by atoms with Crippen LogP contribution < -0.4 is 5.32 Å². The summed E-state index contributed by atoms with van der Waals surface area (Å²) in [4.78, 5) is 23.8. The highest BCUT2D eigenvalue weighted by atomic mass is 16.5. The van der Waals surface area contributed by atoms with Gasteiger partial charge >= 0.3 is 5.97 Å². The van der Waals surface area contributed by atoms with Gasteiger partial charge in [-0.2, -0.15) is 0 Å². The Morgan fingerprint density at radius 1 is 1.24 bits per heavy atom. The highest BCUT2D eigenvalue weighted by Crippen LogP contribution is 2.33. The van der Waals surface area contributed by atoms with Gasteiger partial charge in [-0.25, -0.2) is 4.79 Å². The highest BCUT2D eigenvalue weighted by molar-refractivity contribution is 6.02. The van der Waals surface area contributed by atoms with Gasteiger partial charge in [-0.15, -0.1) is 0 Å². The Balaban J connectivity index is 1.81. The first-order valence-electron chi connectivity index (χ1n) is 8.52. The van der Waals surface area contributed by atoms with Gasteiger partial charge in [-0.1, -0.05) is 24.3 Å². The lowest BCUT2D eigenvalue weighted by molar-refractivity contribution is -0.133. The zero-order valence-electron chi connectivity index (χ0n) is 14.3. The Bertz CT molecular complexity index is 712. The molecule has 2 aliphatic rings. The number of carboxylic acids is 1. The maximum absolute atomic E-state index is 12.5. The van der Waals surface area contributed by atoms with Gasteiger partial charge in [-0.3, -0.25) is 4.79 Å². The van der Waals surface area contributed by atoms with E-state index in [-0.39, 0.29) is 18.0 Å². The van der Waals surface area contributed by atoms with Crippen LogP contribution in [-0.4, -0.2) is 43.9 Å². The van der Waals surface area contributed by atoms with Crippen LogP contribution in [0.15, 0.2) is 35.4 Å². The number of carbonyl (C=O) groups is 2. The first-order chi connectivity index (χ1) is 12.1. The summed E-state index contributed by atoms with van der Waals surface area (Å²) in [6, 6.07) is 7.99. The number of hydrogen-bond donors (Lipinski definition) is 2. The van der Waals surface area contributed by atoms with Crippen molar-refractivity contribution in [2.24, 2.45) is 0 Å². The summed E-state index contributed by atoms with van der Waals surface area (Å²) in [5, 5.41) is 12.1. The predicted octanol–water partition coefficient (Wildman–Crippen LogP) is 1.78. The Labute approximate surface area is 146 Å². The van der Waals surface area contributed by atoms with Gasteiger partial charge in [0.05, 0.1) is 19.8 Å². The van der Waals surface area contributed by atoms with Crippen LogP contribution in [0.3, 0.4) is 0 Å². The molecule has 0 fully saturated rings. The summed E-state index contributed by atoms with van der Waals surface area (Å²) < 4.78 is 11.4. The average molecular weight is 345 g/mol. The summed E-state index contributed by atoms with van der Waals surface area (Å²) in [5.41, 5.74) is 2.06. The molecule has 3 rings (SSSR count). The third kappa shape index (κ3) is 3.45. The first-order valence-corrected chi connectivity index (χ1v) is 8.52. The number of rotatable bonds is 6. The maximum Gasteiger partial charge on any atom is 0.332 e. The number of amides is 1. The molecule has 25 heavy (non-hydrogen) atoms. The van der Waals surface area contributed by atoms with Crippen molar-refractivity contribution in [1.82, 2.24) is 5.32 Å². The van der Waals surface area contributed by atoms with Crippen molar-refractivity contribution >= 4 is 11.9 Å². The van der Waals surface area contributed by atoms with Crippen molar-refractivity contribution in [2.45, 2.75) is 31.3 Å². The van der Waals surface area contributed by atoms with Crippen LogP contribution in [0.2, 0.25) is 0 Å². The number of hydrogen-bond acceptors (Lipinski definition) is 4. The molecule has 1 heterocycles. The Hall–Kier alpha value is -2.18. The van der Waals surface area contributed by atoms with Gasteiger partial charge in [0.15, 0.2) is 0 Å². The topological polar surface area (TPSA) is 84.9 Å². The smallest absolute Gasteiger partial charge is 0.332 e. The molecule has 6 nitrogen and oxygen atoms in total. The summed E-state index contributed by atoms with van der Waals surface area (Å²) in [6.07, 6.45) is 2.47. The quantitative estimate of drug-likeness (QED) is 0.821. The second-order valence-corrected chi connectivity index (χ2v) is 6.48. The SMILES string of the molecule is COCC1(CNC(=O)C2=C(C(=O)O)CCC2)OCCc2ccccc21. The molecule has 0 saturated carbocycles. The van der Waals surface area contributed by atoms with Crippen LogP contribution in [0, 0.1) is 0 Å². The van der Waals surface area contributed by atoms with E-state index in [1.165, 1.54) is 5.56 Å². The number of methoxy groups -OCH3 is 1. The highest BCUT2D eigenvalue weighted by Gasteiger charge is 2.39.